The van der Waals surface area contributed by atoms with Crippen LogP contribution in [0.3, 0.4) is 0 Å². The fraction of sp³-hybridized carbons (Fsp3) is 0.222. The summed E-state index contributed by atoms with van der Waals surface area (Å²) in [5, 5.41) is 16.7. The Labute approximate surface area is 225 Å². The molecule has 0 spiro atoms. The molecule has 0 aliphatic carbocycles. The molecule has 0 aliphatic rings. The third-order valence-electron chi connectivity index (χ3n) is 5.50. The van der Waals surface area contributed by atoms with E-state index in [-0.39, 0.29) is 41.9 Å². The van der Waals surface area contributed by atoms with Gasteiger partial charge in [-0.1, -0.05) is 41.9 Å². The van der Waals surface area contributed by atoms with Crippen molar-refractivity contribution >= 4 is 38.7 Å². The van der Waals surface area contributed by atoms with Crippen LogP contribution >= 0.6 is 15.9 Å². The smallest absolute Gasteiger partial charge is 0.315 e. The maximum Gasteiger partial charge on any atom is 0.315 e. The van der Waals surface area contributed by atoms with Gasteiger partial charge in [0.05, 0.1) is 28.6 Å². The number of aromatic nitrogens is 2. The summed E-state index contributed by atoms with van der Waals surface area (Å²) in [5.41, 5.74) is 0.636. The average Bonchev–Trinajstić information content (AvgIpc) is 2.87. The van der Waals surface area contributed by atoms with Crippen molar-refractivity contribution in [1.29, 1.82) is 0 Å². The fourth-order valence-corrected chi connectivity index (χ4v) is 4.15. The fourth-order valence-electron chi connectivity index (χ4n) is 3.78. The molecule has 3 aromatic carbocycles. The van der Waals surface area contributed by atoms with Crippen LogP contribution in [0.4, 0.5) is 10.1 Å². The van der Waals surface area contributed by atoms with Gasteiger partial charge in [0.1, 0.15) is 18.2 Å². The van der Waals surface area contributed by atoms with Crippen molar-refractivity contribution in [3.8, 4) is 11.5 Å². The van der Waals surface area contributed by atoms with Crippen LogP contribution in [-0.2, 0) is 6.61 Å². The van der Waals surface area contributed by atoms with Gasteiger partial charge in [0.2, 0.25) is 5.75 Å². The Morgan fingerprint density at radius 1 is 1.18 bits per heavy atom. The summed E-state index contributed by atoms with van der Waals surface area (Å²) in [4.78, 5) is 29.2. The zero-order chi connectivity index (χ0) is 27.4. The van der Waals surface area contributed by atoms with Gasteiger partial charge in [0.15, 0.2) is 5.75 Å². The number of hydrogen-bond donors (Lipinski definition) is 0. The van der Waals surface area contributed by atoms with Gasteiger partial charge in [-0.25, -0.2) is 9.37 Å². The number of nitro benzene ring substituents is 1. The van der Waals surface area contributed by atoms with Gasteiger partial charge in [-0.3, -0.25) is 14.9 Å². The number of halogens is 2. The van der Waals surface area contributed by atoms with Crippen molar-refractivity contribution in [2.45, 2.75) is 33.3 Å². The second-order valence-corrected chi connectivity index (χ2v) is 9.54. The lowest BCUT2D eigenvalue weighted by Gasteiger charge is -2.14. The topological polar surface area (TPSA) is 109 Å². The van der Waals surface area contributed by atoms with E-state index >= 15 is 0 Å². The van der Waals surface area contributed by atoms with E-state index in [1.807, 2.05) is 13.8 Å². The average molecular weight is 583 g/mol. The summed E-state index contributed by atoms with van der Waals surface area (Å²) < 4.78 is 26.8. The number of nitrogens with zero attached hydrogens (tertiary/aromatic N) is 4. The van der Waals surface area contributed by atoms with Crippen LogP contribution < -0.4 is 15.0 Å². The number of ether oxygens (including phenoxy) is 2. The minimum absolute atomic E-state index is 0.0875. The first-order chi connectivity index (χ1) is 18.2. The van der Waals surface area contributed by atoms with Crippen molar-refractivity contribution in [2.75, 3.05) is 6.61 Å². The number of nitro groups is 1. The van der Waals surface area contributed by atoms with E-state index in [9.17, 15) is 19.3 Å². The summed E-state index contributed by atoms with van der Waals surface area (Å²) in [6, 6.07) is 13.8. The van der Waals surface area contributed by atoms with E-state index in [0.29, 0.717) is 27.9 Å². The van der Waals surface area contributed by atoms with Crippen molar-refractivity contribution in [1.82, 2.24) is 9.66 Å². The molecule has 196 valence electrons. The molecule has 0 bridgehead atoms. The Kier molecular flexibility index (Phi) is 8.16. The third-order valence-corrected chi connectivity index (χ3v) is 5.99. The third kappa shape index (κ3) is 5.88. The van der Waals surface area contributed by atoms with Crippen molar-refractivity contribution in [3.05, 3.63) is 102 Å². The normalized spacial score (nSPS) is 11.4. The SMILES string of the molecule is CCOc1cc(C=Nn2c(C(C)C)nc3ccc(Br)cc3c2=O)cc([N+](=O)[O-])c1OCc1cccc(F)c1. The molecular weight excluding hydrogens is 559 g/mol. The largest absolute Gasteiger partial charge is 0.490 e. The van der Waals surface area contributed by atoms with Crippen LogP contribution in [0.25, 0.3) is 10.9 Å². The molecule has 0 saturated carbocycles. The highest BCUT2D eigenvalue weighted by atomic mass is 79.9. The summed E-state index contributed by atoms with van der Waals surface area (Å²) in [7, 11) is 0. The van der Waals surface area contributed by atoms with Crippen LogP contribution in [-0.4, -0.2) is 27.4 Å². The zero-order valence-corrected chi connectivity index (χ0v) is 22.4. The van der Waals surface area contributed by atoms with E-state index < -0.39 is 10.7 Å². The minimum Gasteiger partial charge on any atom is -0.490 e. The molecule has 0 amide bonds. The Hall–Kier alpha value is -4.12. The molecule has 0 saturated heterocycles. The Morgan fingerprint density at radius 3 is 2.66 bits per heavy atom. The lowest BCUT2D eigenvalue weighted by atomic mass is 10.1. The van der Waals surface area contributed by atoms with Crippen molar-refractivity contribution in [3.63, 3.8) is 0 Å². The molecule has 0 radical (unpaired) electrons. The molecule has 0 fully saturated rings. The highest BCUT2D eigenvalue weighted by Crippen LogP contribution is 2.39. The minimum atomic E-state index is -0.596. The van der Waals surface area contributed by atoms with Gasteiger partial charge in [0, 0.05) is 22.0 Å². The molecule has 0 N–H and O–H groups in total. The van der Waals surface area contributed by atoms with Crippen LogP contribution in [0, 0.1) is 15.9 Å². The van der Waals surface area contributed by atoms with Gasteiger partial charge in [-0.15, -0.1) is 0 Å². The molecule has 1 heterocycles. The molecule has 0 atom stereocenters. The Bertz CT molecular complexity index is 1600. The molecule has 9 nitrogen and oxygen atoms in total. The lowest BCUT2D eigenvalue weighted by molar-refractivity contribution is -0.386. The summed E-state index contributed by atoms with van der Waals surface area (Å²) in [6.45, 7) is 5.63. The summed E-state index contributed by atoms with van der Waals surface area (Å²) in [5.74, 6) is -0.0914. The van der Waals surface area contributed by atoms with Crippen LogP contribution in [0.2, 0.25) is 0 Å². The number of hydrogen-bond acceptors (Lipinski definition) is 7. The zero-order valence-electron chi connectivity index (χ0n) is 20.9. The first kappa shape index (κ1) is 26.9. The quantitative estimate of drug-likeness (QED) is 0.132. The van der Waals surface area contributed by atoms with E-state index in [0.717, 1.165) is 4.47 Å². The predicted octanol–water partition coefficient (Wildman–Crippen LogP) is 6.19. The first-order valence-corrected chi connectivity index (χ1v) is 12.6. The van der Waals surface area contributed by atoms with E-state index in [1.165, 1.54) is 41.2 Å². The number of rotatable bonds is 9. The first-order valence-electron chi connectivity index (χ1n) is 11.8. The predicted molar refractivity (Wildman–Crippen MR) is 146 cm³/mol. The van der Waals surface area contributed by atoms with Gasteiger partial charge < -0.3 is 9.47 Å². The van der Waals surface area contributed by atoms with Crippen LogP contribution in [0.15, 0.2) is 69.0 Å². The standard InChI is InChI=1S/C27H24BrFN4O5/c1-4-37-24-12-18(11-23(33(35)36)25(24)38-15-17-6-5-7-20(29)10-17)14-30-32-26(16(2)3)31-22-9-8-19(28)13-21(22)27(32)34/h5-14,16H,4,15H2,1-3H3. The van der Waals surface area contributed by atoms with E-state index in [1.54, 1.807) is 31.2 Å². The highest BCUT2D eigenvalue weighted by molar-refractivity contribution is 9.10. The van der Waals surface area contributed by atoms with Gasteiger partial charge >= 0.3 is 5.69 Å². The number of fused-ring (bicyclic) bond motifs is 1. The maximum atomic E-state index is 13.6. The van der Waals surface area contributed by atoms with Crippen LogP contribution in [0.1, 0.15) is 43.6 Å². The Morgan fingerprint density at radius 2 is 1.97 bits per heavy atom. The molecule has 1 aromatic heterocycles. The Balaban J connectivity index is 1.77. The van der Waals surface area contributed by atoms with Gasteiger partial charge in [-0.05, 0) is 48.9 Å². The second-order valence-electron chi connectivity index (χ2n) is 8.62. The molecule has 0 unspecified atom stereocenters. The molecular formula is C27H24BrFN4O5. The molecule has 0 aliphatic heterocycles. The molecule has 4 aromatic rings. The van der Waals surface area contributed by atoms with Gasteiger partial charge in [0.25, 0.3) is 5.56 Å². The van der Waals surface area contributed by atoms with E-state index in [2.05, 4.69) is 26.0 Å². The molecule has 38 heavy (non-hydrogen) atoms. The molecule has 4 rings (SSSR count). The summed E-state index contributed by atoms with van der Waals surface area (Å²) in [6.07, 6.45) is 1.34. The van der Waals surface area contributed by atoms with Gasteiger partial charge in [-0.2, -0.15) is 9.78 Å². The maximum absolute atomic E-state index is 13.6. The molecule has 11 heteroatoms. The van der Waals surface area contributed by atoms with Crippen LogP contribution in [0.5, 0.6) is 11.5 Å². The second kappa shape index (κ2) is 11.5. The highest BCUT2D eigenvalue weighted by Gasteiger charge is 2.23. The monoisotopic (exact) mass is 582 g/mol. The van der Waals surface area contributed by atoms with E-state index in [4.69, 9.17) is 9.47 Å². The van der Waals surface area contributed by atoms with Crippen molar-refractivity contribution < 1.29 is 18.8 Å². The summed E-state index contributed by atoms with van der Waals surface area (Å²) >= 11 is 3.37. The van der Waals surface area contributed by atoms with Crippen molar-refractivity contribution in [2.24, 2.45) is 5.10 Å². The lowest BCUT2D eigenvalue weighted by Crippen LogP contribution is -2.23. The number of benzene rings is 3.